The highest BCUT2D eigenvalue weighted by atomic mass is 24.3. The molecule has 0 heterocycles. The largest absolute Gasteiger partial charge is 0.481 e. The zero-order valence-electron chi connectivity index (χ0n) is 7.10. The molecule has 0 atom stereocenters. The van der Waals surface area contributed by atoms with Gasteiger partial charge in [0.1, 0.15) is 6.10 Å². The third-order valence-corrected chi connectivity index (χ3v) is 0.885. The normalized spacial score (nSPS) is 8.38. The van der Waals surface area contributed by atoms with Gasteiger partial charge >= 0.3 is 29.0 Å². The van der Waals surface area contributed by atoms with Crippen molar-refractivity contribution in [1.29, 1.82) is 0 Å². The van der Waals surface area contributed by atoms with E-state index in [1.165, 1.54) is 0 Å². The SMILES string of the molecule is CCCC(=O)O.OCC(O)CO.[MgH2]. The molecular weight excluding hydrogens is 188 g/mol. The molecule has 0 saturated heterocycles. The van der Waals surface area contributed by atoms with Crippen LogP contribution >= 0.6 is 0 Å². The van der Waals surface area contributed by atoms with Gasteiger partial charge in [0.05, 0.1) is 13.2 Å². The summed E-state index contributed by atoms with van der Waals surface area (Å²) in [6.45, 7) is 1.11. The van der Waals surface area contributed by atoms with Crippen LogP contribution in [0.5, 0.6) is 0 Å². The van der Waals surface area contributed by atoms with E-state index in [4.69, 9.17) is 20.4 Å². The molecule has 0 saturated carbocycles. The van der Waals surface area contributed by atoms with Crippen molar-refractivity contribution < 1.29 is 25.2 Å². The van der Waals surface area contributed by atoms with E-state index < -0.39 is 12.1 Å². The van der Waals surface area contributed by atoms with Crippen molar-refractivity contribution in [2.45, 2.75) is 25.9 Å². The number of aliphatic hydroxyl groups excluding tert-OH is 3. The fourth-order valence-electron chi connectivity index (χ4n) is 0.272. The fraction of sp³-hybridized carbons (Fsp3) is 0.857. The Morgan fingerprint density at radius 1 is 1.31 bits per heavy atom. The molecule has 0 spiro atoms. The second-order valence-corrected chi connectivity index (χ2v) is 2.16. The minimum atomic E-state index is -0.954. The summed E-state index contributed by atoms with van der Waals surface area (Å²) in [4.78, 5) is 9.60. The lowest BCUT2D eigenvalue weighted by Crippen LogP contribution is -2.15. The Labute approximate surface area is 93.5 Å². The molecule has 0 aromatic carbocycles. The van der Waals surface area contributed by atoms with Crippen LogP contribution in [-0.2, 0) is 4.79 Å². The second-order valence-electron chi connectivity index (χ2n) is 2.16. The molecule has 0 aliphatic carbocycles. The van der Waals surface area contributed by atoms with Crippen LogP contribution in [0.2, 0.25) is 0 Å². The lowest BCUT2D eigenvalue weighted by Gasteiger charge is -1.96. The predicted octanol–water partition coefficient (Wildman–Crippen LogP) is -1.71. The van der Waals surface area contributed by atoms with Gasteiger partial charge in [0, 0.05) is 6.42 Å². The summed E-state index contributed by atoms with van der Waals surface area (Å²) in [5.41, 5.74) is 0. The topological polar surface area (TPSA) is 98.0 Å². The van der Waals surface area contributed by atoms with Crippen molar-refractivity contribution in [3.63, 3.8) is 0 Å². The summed E-state index contributed by atoms with van der Waals surface area (Å²) < 4.78 is 0. The summed E-state index contributed by atoms with van der Waals surface area (Å²) in [5.74, 6) is -0.711. The van der Waals surface area contributed by atoms with Crippen molar-refractivity contribution in [3.8, 4) is 0 Å². The van der Waals surface area contributed by atoms with E-state index in [2.05, 4.69) is 0 Å². The first-order chi connectivity index (χ1) is 5.58. The smallest absolute Gasteiger partial charge is 0.316 e. The van der Waals surface area contributed by atoms with Crippen LogP contribution in [0.25, 0.3) is 0 Å². The Balaban J connectivity index is -0.000000143. The van der Waals surface area contributed by atoms with Gasteiger partial charge in [-0.05, 0) is 6.42 Å². The van der Waals surface area contributed by atoms with Crippen molar-refractivity contribution >= 4 is 29.0 Å². The molecule has 78 valence electrons. The molecule has 6 heteroatoms. The summed E-state index contributed by atoms with van der Waals surface area (Å²) in [6, 6.07) is 0. The number of aliphatic carboxylic acids is 1. The number of aliphatic hydroxyl groups is 3. The highest BCUT2D eigenvalue weighted by Crippen LogP contribution is 1.82. The average molecular weight is 207 g/mol. The Kier molecular flexibility index (Phi) is 21.2. The van der Waals surface area contributed by atoms with Crippen LogP contribution in [0.1, 0.15) is 19.8 Å². The van der Waals surface area contributed by atoms with Crippen molar-refractivity contribution in [3.05, 3.63) is 0 Å². The summed E-state index contributed by atoms with van der Waals surface area (Å²) in [7, 11) is 0. The average Bonchev–Trinajstić information content (AvgIpc) is 2.04. The molecule has 0 aliphatic heterocycles. The van der Waals surface area contributed by atoms with Crippen LogP contribution in [0.3, 0.4) is 0 Å². The molecule has 0 fully saturated rings. The Morgan fingerprint density at radius 2 is 1.69 bits per heavy atom. The first-order valence-electron chi connectivity index (χ1n) is 3.70. The molecule has 0 aliphatic rings. The standard InChI is InChI=1S/C4H8O2.C3H8O3.Mg.2H/c1-2-3-4(5)6;4-1-3(6)2-5;;;/h2-3H2,1H3,(H,5,6);3-6H,1-2H2;;;. The molecule has 4 N–H and O–H groups in total. The lowest BCUT2D eigenvalue weighted by molar-refractivity contribution is -0.137. The van der Waals surface area contributed by atoms with Gasteiger partial charge in [-0.25, -0.2) is 0 Å². The third-order valence-electron chi connectivity index (χ3n) is 0.885. The van der Waals surface area contributed by atoms with E-state index in [1.54, 1.807) is 0 Å². The quantitative estimate of drug-likeness (QED) is 0.411. The monoisotopic (exact) mass is 206 g/mol. The third kappa shape index (κ3) is 24.5. The molecular formula is C7H18MgO5. The van der Waals surface area contributed by atoms with Crippen molar-refractivity contribution in [1.82, 2.24) is 0 Å². The van der Waals surface area contributed by atoms with Crippen molar-refractivity contribution in [2.24, 2.45) is 0 Å². The highest BCUT2D eigenvalue weighted by Gasteiger charge is 1.93. The van der Waals surface area contributed by atoms with E-state index in [0.29, 0.717) is 6.42 Å². The van der Waals surface area contributed by atoms with Crippen LogP contribution in [0.4, 0.5) is 0 Å². The van der Waals surface area contributed by atoms with Gasteiger partial charge in [-0.15, -0.1) is 0 Å². The first-order valence-corrected chi connectivity index (χ1v) is 3.70. The Hall–Kier alpha value is 0.116. The maximum atomic E-state index is 9.60. The first kappa shape index (κ1) is 18.8. The number of hydrogen-bond acceptors (Lipinski definition) is 4. The molecule has 0 rings (SSSR count). The van der Waals surface area contributed by atoms with E-state index in [-0.39, 0.29) is 36.3 Å². The molecule has 13 heavy (non-hydrogen) atoms. The van der Waals surface area contributed by atoms with E-state index in [9.17, 15) is 4.79 Å². The highest BCUT2D eigenvalue weighted by molar-refractivity contribution is 5.75. The van der Waals surface area contributed by atoms with E-state index >= 15 is 0 Å². The molecule has 0 amide bonds. The van der Waals surface area contributed by atoms with Crippen LogP contribution < -0.4 is 0 Å². The zero-order chi connectivity index (χ0) is 9.98. The molecule has 0 bridgehead atoms. The van der Waals surface area contributed by atoms with Crippen LogP contribution in [0.15, 0.2) is 0 Å². The maximum absolute atomic E-state index is 9.60. The minimum Gasteiger partial charge on any atom is -0.481 e. The zero-order valence-corrected chi connectivity index (χ0v) is 7.10. The van der Waals surface area contributed by atoms with Gasteiger partial charge < -0.3 is 20.4 Å². The Morgan fingerprint density at radius 3 is 1.69 bits per heavy atom. The number of rotatable bonds is 4. The van der Waals surface area contributed by atoms with Gasteiger partial charge in [-0.3, -0.25) is 4.79 Å². The van der Waals surface area contributed by atoms with Gasteiger partial charge in [-0.2, -0.15) is 0 Å². The molecule has 5 nitrogen and oxygen atoms in total. The van der Waals surface area contributed by atoms with Crippen LogP contribution in [0, 0.1) is 0 Å². The molecule has 0 aromatic rings. The summed E-state index contributed by atoms with van der Waals surface area (Å²) in [5, 5.41) is 31.9. The van der Waals surface area contributed by atoms with Crippen LogP contribution in [-0.4, -0.2) is 68.8 Å². The number of hydrogen-bond donors (Lipinski definition) is 4. The van der Waals surface area contributed by atoms with Crippen molar-refractivity contribution in [2.75, 3.05) is 13.2 Å². The number of carboxylic acids is 1. The van der Waals surface area contributed by atoms with Gasteiger partial charge in [0.2, 0.25) is 0 Å². The number of carboxylic acid groups (broad SMARTS) is 1. The Bertz CT molecular complexity index is 105. The molecule has 0 radical (unpaired) electrons. The second kappa shape index (κ2) is 14.6. The molecule has 0 unspecified atom stereocenters. The van der Waals surface area contributed by atoms with E-state index in [0.717, 1.165) is 6.42 Å². The maximum Gasteiger partial charge on any atom is 0.316 e. The predicted molar refractivity (Wildman–Crippen MR) is 51.3 cm³/mol. The lowest BCUT2D eigenvalue weighted by atomic mass is 10.4. The number of carbonyl (C=O) groups is 1. The fourth-order valence-corrected chi connectivity index (χ4v) is 0.272. The van der Waals surface area contributed by atoms with Gasteiger partial charge in [0.15, 0.2) is 0 Å². The minimum absolute atomic E-state index is 0. The summed E-state index contributed by atoms with van der Waals surface area (Å²) in [6.07, 6.45) is 0.0694. The summed E-state index contributed by atoms with van der Waals surface area (Å²) >= 11 is 0. The van der Waals surface area contributed by atoms with E-state index in [1.807, 2.05) is 6.92 Å². The molecule has 0 aromatic heterocycles. The van der Waals surface area contributed by atoms with Gasteiger partial charge in [-0.1, -0.05) is 6.92 Å². The van der Waals surface area contributed by atoms with Gasteiger partial charge in [0.25, 0.3) is 0 Å².